The Bertz CT molecular complexity index is 211. The molecule has 0 amide bonds. The number of thiol groups is 1. The normalized spacial score (nSPS) is 14.9. The van der Waals surface area contributed by atoms with Crippen LogP contribution in [0.25, 0.3) is 0 Å². The smallest absolute Gasteiger partial charge is 0.331 e. The fourth-order valence-electron chi connectivity index (χ4n) is 0.522. The zero-order valence-electron chi connectivity index (χ0n) is 6.29. The van der Waals surface area contributed by atoms with E-state index < -0.39 is 15.9 Å². The molecule has 0 radical (unpaired) electrons. The minimum atomic E-state index is -2.32. The van der Waals surface area contributed by atoms with Crippen molar-refractivity contribution in [3.63, 3.8) is 0 Å². The first-order chi connectivity index (χ1) is 4.33. The minimum absolute atomic E-state index is 0.147. The Hall–Kier alpha value is -0.640. The highest BCUT2D eigenvalue weighted by molar-refractivity contribution is 8.04. The lowest BCUT2D eigenvalue weighted by molar-refractivity contribution is -0.132. The predicted octanol–water partition coefficient (Wildman–Crippen LogP) is 0.251. The molecule has 0 aromatic rings. The van der Waals surface area contributed by atoms with Crippen LogP contribution in [0, 0.1) is 0 Å². The topological polar surface area (TPSA) is 54.4 Å². The largest absolute Gasteiger partial charge is 0.478 e. The summed E-state index contributed by atoms with van der Waals surface area (Å²) in [5, 5.41) is 9.66. The number of rotatable bonds is 2. The molecule has 10 heavy (non-hydrogen) atoms. The highest BCUT2D eigenvalue weighted by Crippen LogP contribution is 2.01. The van der Waals surface area contributed by atoms with Crippen LogP contribution in [0.15, 0.2) is 11.0 Å². The molecule has 4 heteroatoms. The number of carbonyl (C=O) groups is 1. The second-order valence-corrected chi connectivity index (χ2v) is 5.68. The Balaban J connectivity index is 4.48. The maximum atomic E-state index is 11.0. The molecule has 0 saturated heterocycles. The molecule has 0 aliphatic rings. The van der Waals surface area contributed by atoms with Gasteiger partial charge in [-0.1, -0.05) is 9.93 Å². The molecule has 60 valence electrons. The Morgan fingerprint density at radius 2 is 1.90 bits per heavy atom. The molecule has 0 unspecified atom stereocenters. The van der Waals surface area contributed by atoms with Crippen LogP contribution in [0.5, 0.6) is 0 Å². The van der Waals surface area contributed by atoms with Crippen LogP contribution in [-0.2, 0) is 14.7 Å². The van der Waals surface area contributed by atoms with Gasteiger partial charge in [-0.25, -0.2) is 4.79 Å². The van der Waals surface area contributed by atoms with Crippen molar-refractivity contribution in [2.75, 3.05) is 12.5 Å². The average Bonchev–Trinajstić information content (AvgIpc) is 1.60. The van der Waals surface area contributed by atoms with Crippen molar-refractivity contribution >= 4 is 15.9 Å². The van der Waals surface area contributed by atoms with Crippen LogP contribution in [0.1, 0.15) is 6.92 Å². The lowest BCUT2D eigenvalue weighted by Crippen LogP contribution is -2.05. The van der Waals surface area contributed by atoms with Crippen molar-refractivity contribution in [3.05, 3.63) is 11.0 Å². The third-order valence-electron chi connectivity index (χ3n) is 0.842. The van der Waals surface area contributed by atoms with E-state index in [9.17, 15) is 9.00 Å². The van der Waals surface area contributed by atoms with Crippen LogP contribution in [0.2, 0.25) is 0 Å². The summed E-state index contributed by atoms with van der Waals surface area (Å²) in [6, 6.07) is 0. The van der Waals surface area contributed by atoms with E-state index in [0.717, 1.165) is 0 Å². The first-order valence-electron chi connectivity index (χ1n) is 2.80. The van der Waals surface area contributed by atoms with E-state index in [1.165, 1.54) is 24.8 Å². The maximum Gasteiger partial charge on any atom is 0.331 e. The van der Waals surface area contributed by atoms with Gasteiger partial charge in [-0.15, -0.1) is 0 Å². The summed E-state index contributed by atoms with van der Waals surface area (Å²) in [7, 11) is -2.32. The monoisotopic (exact) mass is 164 g/mol. The fourth-order valence-corrected chi connectivity index (χ4v) is 1.56. The Morgan fingerprint density at radius 3 is 2.00 bits per heavy atom. The predicted molar refractivity (Wildman–Crippen MR) is 42.8 cm³/mol. The highest BCUT2D eigenvalue weighted by Gasteiger charge is 2.02. The summed E-state index contributed by atoms with van der Waals surface area (Å²) in [4.78, 5) is 10.2. The van der Waals surface area contributed by atoms with Gasteiger partial charge in [-0.05, 0) is 24.8 Å². The molecular weight excluding hydrogens is 152 g/mol. The summed E-state index contributed by atoms with van der Waals surface area (Å²) in [6.07, 6.45) is 3.05. The molecule has 0 heterocycles. The number of aliphatic carboxylic acids is 1. The molecule has 0 bridgehead atoms. The highest BCUT2D eigenvalue weighted by atomic mass is 32.2. The van der Waals surface area contributed by atoms with E-state index >= 15 is 0 Å². The summed E-state index contributed by atoms with van der Waals surface area (Å²) < 4.78 is 11.0. The zero-order valence-corrected chi connectivity index (χ0v) is 7.18. The third kappa shape index (κ3) is 4.26. The van der Waals surface area contributed by atoms with Crippen molar-refractivity contribution in [3.8, 4) is 0 Å². The molecular formula is C6H12O3S. The number of carboxylic acid groups (broad SMARTS) is 1. The summed E-state index contributed by atoms with van der Waals surface area (Å²) in [5.41, 5.74) is 0.147. The quantitative estimate of drug-likeness (QED) is 0.454. The number of hydrogen-bond donors (Lipinski definition) is 2. The summed E-state index contributed by atoms with van der Waals surface area (Å²) >= 11 is 0. The van der Waals surface area contributed by atoms with Gasteiger partial charge in [0.15, 0.2) is 0 Å². The summed E-state index contributed by atoms with van der Waals surface area (Å²) in [6.45, 7) is 1.43. The minimum Gasteiger partial charge on any atom is -0.478 e. The van der Waals surface area contributed by atoms with Gasteiger partial charge in [0.25, 0.3) is 0 Å². The molecule has 0 aromatic heterocycles. The van der Waals surface area contributed by atoms with Crippen molar-refractivity contribution < 1.29 is 14.1 Å². The lowest BCUT2D eigenvalue weighted by atomic mass is 10.4. The second kappa shape index (κ2) is 2.96. The maximum absolute atomic E-state index is 11.0. The molecule has 0 spiro atoms. The molecule has 0 aromatic carbocycles. The van der Waals surface area contributed by atoms with E-state index in [1.807, 2.05) is 0 Å². The van der Waals surface area contributed by atoms with E-state index in [-0.39, 0.29) is 5.57 Å². The van der Waals surface area contributed by atoms with Gasteiger partial charge in [0.1, 0.15) is 0 Å². The van der Waals surface area contributed by atoms with Gasteiger partial charge >= 0.3 is 5.97 Å². The van der Waals surface area contributed by atoms with Crippen LogP contribution >= 0.6 is 0 Å². The van der Waals surface area contributed by atoms with Crippen molar-refractivity contribution in [2.24, 2.45) is 0 Å². The Kier molecular flexibility index (Phi) is 2.77. The average molecular weight is 164 g/mol. The van der Waals surface area contributed by atoms with Gasteiger partial charge in [0.2, 0.25) is 0 Å². The summed E-state index contributed by atoms with van der Waals surface area (Å²) in [5.74, 6) is -1.01. The molecule has 0 saturated carbocycles. The van der Waals surface area contributed by atoms with Crippen molar-refractivity contribution in [1.29, 1.82) is 0 Å². The van der Waals surface area contributed by atoms with Crippen LogP contribution in [-0.4, -0.2) is 27.8 Å². The Labute approximate surface area is 61.2 Å². The van der Waals surface area contributed by atoms with Crippen LogP contribution < -0.4 is 0 Å². The second-order valence-electron chi connectivity index (χ2n) is 2.55. The van der Waals surface area contributed by atoms with Gasteiger partial charge in [0, 0.05) is 5.57 Å². The SMILES string of the molecule is CC(=C[SH](C)(C)=O)C(=O)O. The molecule has 1 N–H and O–H groups in total. The van der Waals surface area contributed by atoms with E-state index in [0.29, 0.717) is 0 Å². The number of hydrogen-bond acceptors (Lipinski definition) is 2. The van der Waals surface area contributed by atoms with Crippen LogP contribution in [0.3, 0.4) is 0 Å². The van der Waals surface area contributed by atoms with Crippen molar-refractivity contribution in [1.82, 2.24) is 0 Å². The molecule has 0 aliphatic carbocycles. The number of carboxylic acids is 1. The Morgan fingerprint density at radius 1 is 1.50 bits per heavy atom. The van der Waals surface area contributed by atoms with Gasteiger partial charge in [0.05, 0.1) is 0 Å². The first-order valence-corrected chi connectivity index (χ1v) is 5.47. The van der Waals surface area contributed by atoms with E-state index in [1.54, 1.807) is 0 Å². The van der Waals surface area contributed by atoms with Gasteiger partial charge in [-0.3, -0.25) is 4.21 Å². The van der Waals surface area contributed by atoms with Gasteiger partial charge < -0.3 is 5.11 Å². The van der Waals surface area contributed by atoms with Crippen molar-refractivity contribution in [2.45, 2.75) is 6.92 Å². The zero-order chi connectivity index (χ0) is 8.36. The first kappa shape index (κ1) is 9.36. The standard InChI is InChI=1S/C6H12O3S/c1-5(6(7)8)4-10(2,3)9/h4,10H,1-3H3,(H,7,8). The molecule has 0 rings (SSSR count). The van der Waals surface area contributed by atoms with E-state index in [2.05, 4.69) is 0 Å². The molecule has 3 nitrogen and oxygen atoms in total. The fraction of sp³-hybridized carbons (Fsp3) is 0.500. The van der Waals surface area contributed by atoms with Gasteiger partial charge in [-0.2, -0.15) is 0 Å². The molecule has 0 atom stereocenters. The third-order valence-corrected chi connectivity index (χ3v) is 1.85. The van der Waals surface area contributed by atoms with Crippen LogP contribution in [0.4, 0.5) is 0 Å². The van der Waals surface area contributed by atoms with E-state index in [4.69, 9.17) is 5.11 Å². The molecule has 0 aliphatic heterocycles. The molecule has 0 fully saturated rings. The lowest BCUT2D eigenvalue weighted by Gasteiger charge is -2.04.